The molecule has 3 nitrogen and oxygen atoms in total. The third-order valence-electron chi connectivity index (χ3n) is 4.03. The van der Waals surface area contributed by atoms with Gasteiger partial charge < -0.3 is 10.1 Å². The van der Waals surface area contributed by atoms with Crippen molar-refractivity contribution in [3.63, 3.8) is 0 Å². The summed E-state index contributed by atoms with van der Waals surface area (Å²) in [7, 11) is 0.904. The molecular formula is C17H27NO2S. The van der Waals surface area contributed by atoms with Gasteiger partial charge in [0.05, 0.1) is 12.9 Å². The Bertz CT molecular complexity index is 482. The summed E-state index contributed by atoms with van der Waals surface area (Å²) in [5.41, 5.74) is 2.30. The van der Waals surface area contributed by atoms with E-state index in [0.717, 1.165) is 30.7 Å². The van der Waals surface area contributed by atoms with Crippen molar-refractivity contribution < 1.29 is 8.95 Å². The Morgan fingerprint density at radius 1 is 1.33 bits per heavy atom. The van der Waals surface area contributed by atoms with Gasteiger partial charge in [0.1, 0.15) is 5.75 Å². The standard InChI is InChI=1S/C17H27NO2S/c1-13(2)18-11-14-8-9-17(20-3)15(10-14)12-21(19)16-6-4-5-7-16/h8-10,13,16,18H,4-7,11-12H2,1-3H3. The van der Waals surface area contributed by atoms with E-state index in [1.165, 1.54) is 18.4 Å². The highest BCUT2D eigenvalue weighted by molar-refractivity contribution is 7.84. The first-order valence-electron chi connectivity index (χ1n) is 7.86. The molecule has 2 rings (SSSR count). The maximum atomic E-state index is 12.5. The Morgan fingerprint density at radius 3 is 2.67 bits per heavy atom. The monoisotopic (exact) mass is 309 g/mol. The van der Waals surface area contributed by atoms with Crippen LogP contribution in [0, 0.1) is 0 Å². The lowest BCUT2D eigenvalue weighted by Gasteiger charge is -2.14. The van der Waals surface area contributed by atoms with Crippen molar-refractivity contribution >= 4 is 10.8 Å². The Balaban J connectivity index is 2.07. The van der Waals surface area contributed by atoms with Crippen LogP contribution in [0.5, 0.6) is 5.75 Å². The van der Waals surface area contributed by atoms with Crippen molar-refractivity contribution in [1.29, 1.82) is 0 Å². The van der Waals surface area contributed by atoms with E-state index < -0.39 is 10.8 Å². The van der Waals surface area contributed by atoms with Gasteiger partial charge in [0.2, 0.25) is 0 Å². The van der Waals surface area contributed by atoms with E-state index >= 15 is 0 Å². The van der Waals surface area contributed by atoms with Crippen LogP contribution in [0.25, 0.3) is 0 Å². The fourth-order valence-corrected chi connectivity index (χ4v) is 4.43. The normalized spacial score (nSPS) is 17.3. The lowest BCUT2D eigenvalue weighted by Crippen LogP contribution is -2.22. The van der Waals surface area contributed by atoms with Crippen LogP contribution in [0.15, 0.2) is 18.2 Å². The van der Waals surface area contributed by atoms with Crippen LogP contribution in [0.1, 0.15) is 50.7 Å². The van der Waals surface area contributed by atoms with Gasteiger partial charge in [-0.3, -0.25) is 4.21 Å². The molecular weight excluding hydrogens is 282 g/mol. The predicted molar refractivity (Wildman–Crippen MR) is 89.1 cm³/mol. The highest BCUT2D eigenvalue weighted by atomic mass is 32.2. The molecule has 1 aromatic rings. The molecule has 1 aromatic carbocycles. The average molecular weight is 309 g/mol. The minimum absolute atomic E-state index is 0.382. The van der Waals surface area contributed by atoms with Crippen LogP contribution in [-0.2, 0) is 23.1 Å². The number of methoxy groups -OCH3 is 1. The van der Waals surface area contributed by atoms with E-state index in [4.69, 9.17) is 4.74 Å². The van der Waals surface area contributed by atoms with Gasteiger partial charge in [0.15, 0.2) is 0 Å². The third kappa shape index (κ3) is 4.82. The van der Waals surface area contributed by atoms with Crippen LogP contribution in [0.4, 0.5) is 0 Å². The van der Waals surface area contributed by atoms with Crippen molar-refractivity contribution in [2.24, 2.45) is 0 Å². The molecule has 1 saturated carbocycles. The van der Waals surface area contributed by atoms with Gasteiger partial charge in [-0.15, -0.1) is 0 Å². The van der Waals surface area contributed by atoms with Crippen LogP contribution in [0.3, 0.4) is 0 Å². The number of hydrogen-bond donors (Lipinski definition) is 1. The van der Waals surface area contributed by atoms with E-state index in [9.17, 15) is 4.21 Å². The number of nitrogens with one attached hydrogen (secondary N) is 1. The highest BCUT2D eigenvalue weighted by Gasteiger charge is 2.22. The SMILES string of the molecule is COc1ccc(CNC(C)C)cc1CS(=O)C1CCCC1. The fraction of sp³-hybridized carbons (Fsp3) is 0.647. The number of rotatable bonds is 7. The molecule has 4 heteroatoms. The predicted octanol–water partition coefficient (Wildman–Crippen LogP) is 3.38. The minimum Gasteiger partial charge on any atom is -0.496 e. The lowest BCUT2D eigenvalue weighted by atomic mass is 10.1. The van der Waals surface area contributed by atoms with Gasteiger partial charge in [-0.25, -0.2) is 0 Å². The zero-order valence-electron chi connectivity index (χ0n) is 13.4. The summed E-state index contributed by atoms with van der Waals surface area (Å²) in [4.78, 5) is 0. The molecule has 1 unspecified atom stereocenters. The van der Waals surface area contributed by atoms with Gasteiger partial charge in [-0.05, 0) is 30.5 Å². The van der Waals surface area contributed by atoms with Crippen molar-refractivity contribution in [1.82, 2.24) is 5.32 Å². The summed E-state index contributed by atoms with van der Waals surface area (Å²) in [5, 5.41) is 3.80. The van der Waals surface area contributed by atoms with E-state index in [1.807, 2.05) is 6.07 Å². The van der Waals surface area contributed by atoms with Crippen molar-refractivity contribution in [2.75, 3.05) is 7.11 Å². The Kier molecular flexibility index (Phi) is 6.24. The largest absolute Gasteiger partial charge is 0.496 e. The summed E-state index contributed by atoms with van der Waals surface area (Å²) in [6.07, 6.45) is 4.69. The highest BCUT2D eigenvalue weighted by Crippen LogP contribution is 2.28. The molecule has 1 N–H and O–H groups in total. The quantitative estimate of drug-likeness (QED) is 0.839. The molecule has 0 heterocycles. The van der Waals surface area contributed by atoms with Crippen molar-refractivity contribution in [3.8, 4) is 5.75 Å². The first-order valence-corrected chi connectivity index (χ1v) is 9.24. The van der Waals surface area contributed by atoms with E-state index in [1.54, 1.807) is 7.11 Å². The van der Waals surface area contributed by atoms with Gasteiger partial charge in [-0.1, -0.05) is 32.8 Å². The van der Waals surface area contributed by atoms with E-state index in [2.05, 4.69) is 31.3 Å². The second-order valence-electron chi connectivity index (χ2n) is 6.11. The van der Waals surface area contributed by atoms with Gasteiger partial charge in [0, 0.05) is 34.2 Å². The average Bonchev–Trinajstić information content (AvgIpc) is 2.99. The molecule has 0 amide bonds. The van der Waals surface area contributed by atoms with Crippen LogP contribution >= 0.6 is 0 Å². The first kappa shape index (κ1) is 16.5. The number of benzene rings is 1. The molecule has 0 saturated heterocycles. The Morgan fingerprint density at radius 2 is 2.05 bits per heavy atom. The zero-order chi connectivity index (χ0) is 15.2. The minimum atomic E-state index is -0.780. The topological polar surface area (TPSA) is 38.3 Å². The summed E-state index contributed by atoms with van der Waals surface area (Å²) < 4.78 is 17.9. The summed E-state index contributed by atoms with van der Waals surface area (Å²) in [6, 6.07) is 6.68. The molecule has 118 valence electrons. The Labute approximate surface area is 130 Å². The van der Waals surface area contributed by atoms with Crippen molar-refractivity contribution in [3.05, 3.63) is 29.3 Å². The van der Waals surface area contributed by atoms with E-state index in [0.29, 0.717) is 17.0 Å². The molecule has 0 spiro atoms. The summed E-state index contributed by atoms with van der Waals surface area (Å²) in [6.45, 7) is 5.11. The van der Waals surface area contributed by atoms with Crippen molar-refractivity contribution in [2.45, 2.75) is 63.1 Å². The maximum Gasteiger partial charge on any atom is 0.123 e. The Hall–Kier alpha value is -0.870. The lowest BCUT2D eigenvalue weighted by molar-refractivity contribution is 0.411. The molecule has 1 aliphatic carbocycles. The summed E-state index contributed by atoms with van der Waals surface area (Å²) in [5.74, 6) is 1.47. The van der Waals surface area contributed by atoms with Crippen LogP contribution < -0.4 is 10.1 Å². The number of hydrogen-bond acceptors (Lipinski definition) is 3. The second-order valence-corrected chi connectivity index (χ2v) is 7.83. The molecule has 0 radical (unpaired) electrons. The summed E-state index contributed by atoms with van der Waals surface area (Å²) >= 11 is 0. The molecule has 0 bridgehead atoms. The smallest absolute Gasteiger partial charge is 0.123 e. The van der Waals surface area contributed by atoms with Gasteiger partial charge >= 0.3 is 0 Å². The molecule has 0 aliphatic heterocycles. The number of ether oxygens (including phenoxy) is 1. The van der Waals surface area contributed by atoms with E-state index in [-0.39, 0.29) is 0 Å². The zero-order valence-corrected chi connectivity index (χ0v) is 14.2. The second kappa shape index (κ2) is 7.95. The van der Waals surface area contributed by atoms with Crippen LogP contribution in [0.2, 0.25) is 0 Å². The fourth-order valence-electron chi connectivity index (χ4n) is 2.80. The molecule has 21 heavy (non-hydrogen) atoms. The molecule has 1 fully saturated rings. The molecule has 1 aliphatic rings. The van der Waals surface area contributed by atoms with Gasteiger partial charge in [-0.2, -0.15) is 0 Å². The maximum absolute atomic E-state index is 12.5. The first-order chi connectivity index (χ1) is 10.1. The van der Waals surface area contributed by atoms with Crippen LogP contribution in [-0.4, -0.2) is 22.6 Å². The molecule has 1 atom stereocenters. The molecule has 0 aromatic heterocycles. The third-order valence-corrected chi connectivity index (χ3v) is 5.84. The van der Waals surface area contributed by atoms with Gasteiger partial charge in [0.25, 0.3) is 0 Å².